The number of likely N-dealkylation sites (tertiary alicyclic amines) is 1. The number of benzene rings is 1. The lowest BCUT2D eigenvalue weighted by atomic mass is 9.82. The van der Waals surface area contributed by atoms with E-state index in [0.717, 1.165) is 17.7 Å². The largest absolute Gasteiger partial charge is 0.342 e. The number of rotatable bonds is 1. The van der Waals surface area contributed by atoms with Crippen molar-refractivity contribution >= 4 is 5.91 Å². The normalized spacial score (nSPS) is 21.8. The van der Waals surface area contributed by atoms with Gasteiger partial charge in [-0.15, -0.1) is 0 Å². The lowest BCUT2D eigenvalue weighted by molar-refractivity contribution is -0.131. The number of fused-ring (bicyclic) bond motifs is 4. The van der Waals surface area contributed by atoms with Crippen LogP contribution in [0.15, 0.2) is 35.1 Å². The molecule has 1 fully saturated rings. The number of aromatic nitrogens is 1. The number of pyridine rings is 1. The number of halogens is 1. The van der Waals surface area contributed by atoms with Crippen molar-refractivity contribution in [2.75, 3.05) is 13.1 Å². The van der Waals surface area contributed by atoms with Crippen LogP contribution in [0.4, 0.5) is 4.39 Å². The molecule has 0 radical (unpaired) electrons. The van der Waals surface area contributed by atoms with Crippen LogP contribution in [0, 0.1) is 18.7 Å². The Morgan fingerprint density at radius 2 is 1.96 bits per heavy atom. The van der Waals surface area contributed by atoms with Gasteiger partial charge in [-0.3, -0.25) is 9.59 Å². The molecule has 3 heterocycles. The zero-order valence-electron chi connectivity index (χ0n) is 14.5. The Bertz CT molecular complexity index is 918. The summed E-state index contributed by atoms with van der Waals surface area (Å²) in [6.07, 6.45) is 0.975. The highest BCUT2D eigenvalue weighted by atomic mass is 19.1. The van der Waals surface area contributed by atoms with E-state index in [1.54, 1.807) is 13.0 Å². The van der Waals surface area contributed by atoms with Crippen LogP contribution in [0.3, 0.4) is 0 Å². The van der Waals surface area contributed by atoms with Crippen LogP contribution < -0.4 is 5.56 Å². The maximum Gasteiger partial charge on any atom is 0.251 e. The summed E-state index contributed by atoms with van der Waals surface area (Å²) in [4.78, 5) is 26.3. The average molecular weight is 340 g/mol. The van der Waals surface area contributed by atoms with E-state index in [0.29, 0.717) is 36.7 Å². The molecule has 0 aliphatic carbocycles. The van der Waals surface area contributed by atoms with Gasteiger partial charge in [-0.05, 0) is 42.5 Å². The Balaban J connectivity index is 1.80. The third-order valence-electron chi connectivity index (χ3n) is 5.44. The summed E-state index contributed by atoms with van der Waals surface area (Å²) in [5.41, 5.74) is 2.76. The zero-order valence-corrected chi connectivity index (χ0v) is 14.5. The summed E-state index contributed by atoms with van der Waals surface area (Å²) >= 11 is 0. The van der Waals surface area contributed by atoms with Gasteiger partial charge in [0.2, 0.25) is 5.91 Å². The van der Waals surface area contributed by atoms with Gasteiger partial charge in [-0.25, -0.2) is 4.39 Å². The lowest BCUT2D eigenvalue weighted by Crippen LogP contribution is -2.48. The predicted molar refractivity (Wildman–Crippen MR) is 93.9 cm³/mol. The van der Waals surface area contributed by atoms with Crippen LogP contribution in [0.2, 0.25) is 0 Å². The van der Waals surface area contributed by atoms with Gasteiger partial charge in [0.15, 0.2) is 0 Å². The molecule has 2 aromatic rings. The van der Waals surface area contributed by atoms with Crippen LogP contribution in [0.1, 0.15) is 30.5 Å². The third kappa shape index (κ3) is 2.77. The second kappa shape index (κ2) is 5.83. The van der Waals surface area contributed by atoms with E-state index >= 15 is 0 Å². The molecule has 5 heteroatoms. The van der Waals surface area contributed by atoms with Crippen molar-refractivity contribution in [3.8, 4) is 11.1 Å². The predicted octanol–water partition coefficient (Wildman–Crippen LogP) is 2.93. The van der Waals surface area contributed by atoms with Gasteiger partial charge in [-0.1, -0.05) is 12.1 Å². The molecule has 0 N–H and O–H groups in total. The fraction of sp³-hybridized carbons (Fsp3) is 0.400. The summed E-state index contributed by atoms with van der Waals surface area (Å²) in [6, 6.07) is 8.52. The van der Waals surface area contributed by atoms with E-state index in [9.17, 15) is 14.0 Å². The molecule has 1 saturated heterocycles. The molecule has 0 saturated carbocycles. The Morgan fingerprint density at radius 1 is 1.16 bits per heavy atom. The second-order valence-electron chi connectivity index (χ2n) is 7.32. The monoisotopic (exact) mass is 340 g/mol. The number of hydrogen-bond donors (Lipinski definition) is 0. The lowest BCUT2D eigenvalue weighted by Gasteiger charge is -2.42. The molecule has 130 valence electrons. The van der Waals surface area contributed by atoms with Gasteiger partial charge in [0.05, 0.1) is 0 Å². The first-order chi connectivity index (χ1) is 11.9. The number of hydrogen-bond acceptors (Lipinski definition) is 2. The van der Waals surface area contributed by atoms with E-state index in [1.165, 1.54) is 12.1 Å². The molecule has 1 aromatic heterocycles. The van der Waals surface area contributed by atoms with Gasteiger partial charge >= 0.3 is 0 Å². The van der Waals surface area contributed by atoms with E-state index in [-0.39, 0.29) is 23.2 Å². The molecular formula is C20H21FN2O2. The molecule has 0 unspecified atom stereocenters. The maximum atomic E-state index is 14.4. The van der Waals surface area contributed by atoms with Gasteiger partial charge < -0.3 is 9.47 Å². The van der Waals surface area contributed by atoms with Crippen LogP contribution in [0.5, 0.6) is 0 Å². The Kier molecular flexibility index (Phi) is 3.74. The van der Waals surface area contributed by atoms with Gasteiger partial charge in [-0.2, -0.15) is 0 Å². The first kappa shape index (κ1) is 16.1. The topological polar surface area (TPSA) is 42.3 Å². The summed E-state index contributed by atoms with van der Waals surface area (Å²) in [5, 5.41) is 0. The number of piperidine rings is 1. The summed E-state index contributed by atoms with van der Waals surface area (Å²) in [7, 11) is 0. The highest BCUT2D eigenvalue weighted by Crippen LogP contribution is 2.36. The number of carbonyl (C=O) groups excluding carboxylic acids is 1. The van der Waals surface area contributed by atoms with Crippen LogP contribution in [-0.4, -0.2) is 28.5 Å². The number of carbonyl (C=O) groups is 1. The van der Waals surface area contributed by atoms with Crippen LogP contribution in [0.25, 0.3) is 11.1 Å². The van der Waals surface area contributed by atoms with Crippen molar-refractivity contribution in [2.24, 2.45) is 5.92 Å². The third-order valence-corrected chi connectivity index (χ3v) is 5.44. The van der Waals surface area contributed by atoms with E-state index in [2.05, 4.69) is 0 Å². The van der Waals surface area contributed by atoms with Crippen molar-refractivity contribution in [3.05, 3.63) is 57.8 Å². The molecule has 1 aromatic carbocycles. The van der Waals surface area contributed by atoms with Crippen molar-refractivity contribution in [1.82, 2.24) is 9.47 Å². The van der Waals surface area contributed by atoms with Crippen LogP contribution in [-0.2, 0) is 11.3 Å². The molecule has 2 aliphatic rings. The first-order valence-corrected chi connectivity index (χ1v) is 8.69. The first-order valence-electron chi connectivity index (χ1n) is 8.69. The Morgan fingerprint density at radius 3 is 2.68 bits per heavy atom. The molecular weight excluding hydrogens is 319 g/mol. The maximum absolute atomic E-state index is 14.4. The number of nitrogens with zero attached hydrogens (tertiary/aromatic N) is 2. The van der Waals surface area contributed by atoms with E-state index < -0.39 is 0 Å². The van der Waals surface area contributed by atoms with Gasteiger partial charge in [0.1, 0.15) is 5.82 Å². The number of aryl methyl sites for hydroxylation is 1. The fourth-order valence-corrected chi connectivity index (χ4v) is 4.23. The molecule has 1 amide bonds. The SMILES string of the molecule is CC(=O)N1C[C@@H]2C[C@H](C1)c1cc(-c3ccc(C)cc3F)cc(=O)n1C2. The second-order valence-corrected chi connectivity index (χ2v) is 7.32. The quantitative estimate of drug-likeness (QED) is 0.801. The van der Waals surface area contributed by atoms with Crippen molar-refractivity contribution in [3.63, 3.8) is 0 Å². The Hall–Kier alpha value is -2.43. The highest BCUT2D eigenvalue weighted by Gasteiger charge is 2.35. The minimum atomic E-state index is -0.313. The smallest absolute Gasteiger partial charge is 0.251 e. The van der Waals surface area contributed by atoms with Crippen molar-refractivity contribution < 1.29 is 9.18 Å². The standard InChI is InChI=1S/C20H21FN2O2/c1-12-3-4-17(18(21)5-12)15-7-19-16-6-14(9-22(11-16)13(2)24)10-23(19)20(25)8-15/h3-5,7-8,14,16H,6,9-11H2,1-2H3/t14-,16+/m0/s1. The van der Waals surface area contributed by atoms with E-state index in [1.807, 2.05) is 28.5 Å². The summed E-state index contributed by atoms with van der Waals surface area (Å²) in [5.74, 6) is 0.214. The molecule has 2 aliphatic heterocycles. The number of amides is 1. The minimum absolute atomic E-state index is 0.0752. The molecule has 4 nitrogen and oxygen atoms in total. The Labute approximate surface area is 145 Å². The van der Waals surface area contributed by atoms with Gasteiger partial charge in [0, 0.05) is 49.8 Å². The van der Waals surface area contributed by atoms with Crippen molar-refractivity contribution in [1.29, 1.82) is 0 Å². The molecule has 2 bridgehead atoms. The zero-order chi connectivity index (χ0) is 17.7. The molecule has 2 atom stereocenters. The van der Waals surface area contributed by atoms with Crippen LogP contribution >= 0.6 is 0 Å². The van der Waals surface area contributed by atoms with E-state index in [4.69, 9.17) is 0 Å². The van der Waals surface area contributed by atoms with Gasteiger partial charge in [0.25, 0.3) is 5.56 Å². The summed E-state index contributed by atoms with van der Waals surface area (Å²) < 4.78 is 16.2. The summed E-state index contributed by atoms with van der Waals surface area (Å²) in [6.45, 7) is 5.40. The van der Waals surface area contributed by atoms with Crippen molar-refractivity contribution in [2.45, 2.75) is 32.7 Å². The molecule has 25 heavy (non-hydrogen) atoms. The minimum Gasteiger partial charge on any atom is -0.342 e. The fourth-order valence-electron chi connectivity index (χ4n) is 4.23. The molecule has 0 spiro atoms. The average Bonchev–Trinajstić information content (AvgIpc) is 2.55. The highest BCUT2D eigenvalue weighted by molar-refractivity contribution is 5.73. The molecule has 4 rings (SSSR count).